The lowest BCUT2D eigenvalue weighted by Crippen LogP contribution is -2.26. The van der Waals surface area contributed by atoms with Gasteiger partial charge in [-0.3, -0.25) is 0 Å². The molecule has 0 aromatic rings. The summed E-state index contributed by atoms with van der Waals surface area (Å²) >= 11 is 0. The van der Waals surface area contributed by atoms with Crippen molar-refractivity contribution in [1.29, 1.82) is 0 Å². The molecular weight excluding hydrogens is 152 g/mol. The monoisotopic (exact) mass is 166 g/mol. The first kappa shape index (κ1) is 9.10. The van der Waals surface area contributed by atoms with Gasteiger partial charge in [0.05, 0.1) is 0 Å². The summed E-state index contributed by atoms with van der Waals surface area (Å²) in [5.41, 5.74) is 9.49. The van der Waals surface area contributed by atoms with Crippen molar-refractivity contribution >= 4 is 0 Å². The van der Waals surface area contributed by atoms with Crippen molar-refractivity contribution in [2.75, 3.05) is 26.7 Å². The molecule has 1 heterocycles. The molecule has 1 aliphatic rings. The topological polar surface area (TPSA) is 52.0 Å². The number of hydrogen-bond acceptors (Lipinski definition) is 2. The van der Waals surface area contributed by atoms with Gasteiger partial charge in [-0.1, -0.05) is 16.8 Å². The minimum atomic E-state index is 0.509. The standard InChI is InChI=1S/C8H14N4/c1-12-6-3-8(4-7-12)2-5-10-11-9/h2H,3-7H2,1H3. The van der Waals surface area contributed by atoms with E-state index in [1.165, 1.54) is 5.57 Å². The van der Waals surface area contributed by atoms with Crippen LogP contribution in [0.5, 0.6) is 0 Å². The summed E-state index contributed by atoms with van der Waals surface area (Å²) in [6.45, 7) is 2.76. The average Bonchev–Trinajstić information content (AvgIpc) is 2.09. The van der Waals surface area contributed by atoms with Gasteiger partial charge in [-0.2, -0.15) is 0 Å². The first-order valence-electron chi connectivity index (χ1n) is 4.20. The van der Waals surface area contributed by atoms with Gasteiger partial charge in [0, 0.05) is 24.5 Å². The van der Waals surface area contributed by atoms with E-state index >= 15 is 0 Å². The number of piperidine rings is 1. The van der Waals surface area contributed by atoms with Gasteiger partial charge >= 0.3 is 0 Å². The summed E-state index contributed by atoms with van der Waals surface area (Å²) in [5, 5.41) is 3.48. The van der Waals surface area contributed by atoms with Gasteiger partial charge in [0.1, 0.15) is 0 Å². The minimum Gasteiger partial charge on any atom is -0.306 e. The van der Waals surface area contributed by atoms with Gasteiger partial charge in [0.15, 0.2) is 0 Å². The SMILES string of the molecule is CN1CCC(=CCN=[N+]=[N-])CC1. The molecule has 0 bridgehead atoms. The van der Waals surface area contributed by atoms with Crippen molar-refractivity contribution in [3.05, 3.63) is 22.1 Å². The number of rotatable bonds is 2. The van der Waals surface area contributed by atoms with Gasteiger partial charge in [-0.15, -0.1) is 0 Å². The molecule has 1 aliphatic heterocycles. The van der Waals surface area contributed by atoms with Gasteiger partial charge in [0.2, 0.25) is 0 Å². The Morgan fingerprint density at radius 2 is 2.25 bits per heavy atom. The molecule has 12 heavy (non-hydrogen) atoms. The predicted molar refractivity (Wildman–Crippen MR) is 48.8 cm³/mol. The highest BCUT2D eigenvalue weighted by Gasteiger charge is 2.08. The van der Waals surface area contributed by atoms with Crippen molar-refractivity contribution in [3.63, 3.8) is 0 Å². The van der Waals surface area contributed by atoms with Gasteiger partial charge in [-0.25, -0.2) is 0 Å². The smallest absolute Gasteiger partial charge is 0.0442 e. The maximum Gasteiger partial charge on any atom is 0.0442 e. The molecule has 4 heteroatoms. The molecule has 1 fully saturated rings. The van der Waals surface area contributed by atoms with Gasteiger partial charge < -0.3 is 4.90 Å². The Hall–Kier alpha value is -0.990. The van der Waals surface area contributed by atoms with Gasteiger partial charge in [-0.05, 0) is 25.4 Å². The van der Waals surface area contributed by atoms with Crippen LogP contribution in [0.1, 0.15) is 12.8 Å². The number of likely N-dealkylation sites (tertiary alicyclic amines) is 1. The summed E-state index contributed by atoms with van der Waals surface area (Å²) in [5.74, 6) is 0. The second kappa shape index (κ2) is 4.80. The van der Waals surface area contributed by atoms with Crippen LogP contribution in [0.4, 0.5) is 0 Å². The number of nitrogens with zero attached hydrogens (tertiary/aromatic N) is 4. The zero-order chi connectivity index (χ0) is 8.81. The van der Waals surface area contributed by atoms with E-state index in [2.05, 4.69) is 22.0 Å². The highest BCUT2D eigenvalue weighted by molar-refractivity contribution is 5.06. The number of azide groups is 1. The Kier molecular flexibility index (Phi) is 3.64. The molecule has 0 N–H and O–H groups in total. The molecular formula is C8H14N4. The van der Waals surface area contributed by atoms with Crippen molar-refractivity contribution < 1.29 is 0 Å². The van der Waals surface area contributed by atoms with E-state index in [1.807, 2.05) is 6.08 Å². The maximum atomic E-state index is 8.06. The van der Waals surface area contributed by atoms with Crippen LogP contribution >= 0.6 is 0 Å². The Morgan fingerprint density at radius 1 is 1.58 bits per heavy atom. The highest BCUT2D eigenvalue weighted by atomic mass is 15.1. The third-order valence-electron chi connectivity index (χ3n) is 2.15. The van der Waals surface area contributed by atoms with E-state index in [1.54, 1.807) is 0 Å². The molecule has 66 valence electrons. The predicted octanol–water partition coefficient (Wildman–Crippen LogP) is 1.95. The molecule has 0 radical (unpaired) electrons. The van der Waals surface area contributed by atoms with Crippen molar-refractivity contribution in [2.45, 2.75) is 12.8 Å². The third kappa shape index (κ3) is 2.95. The van der Waals surface area contributed by atoms with Crippen LogP contribution < -0.4 is 0 Å². The van der Waals surface area contributed by atoms with Crippen LogP contribution in [0.3, 0.4) is 0 Å². The largest absolute Gasteiger partial charge is 0.306 e. The molecule has 0 aromatic carbocycles. The molecule has 1 rings (SSSR count). The van der Waals surface area contributed by atoms with E-state index in [0.29, 0.717) is 6.54 Å². The molecule has 0 spiro atoms. The first-order chi connectivity index (χ1) is 5.83. The lowest BCUT2D eigenvalue weighted by atomic mass is 10.0. The van der Waals surface area contributed by atoms with Crippen LogP contribution in [-0.2, 0) is 0 Å². The van der Waals surface area contributed by atoms with Crippen LogP contribution in [0.15, 0.2) is 16.8 Å². The summed E-state index contributed by atoms with van der Waals surface area (Å²) in [4.78, 5) is 5.02. The lowest BCUT2D eigenvalue weighted by molar-refractivity contribution is 0.312. The minimum absolute atomic E-state index is 0.509. The third-order valence-corrected chi connectivity index (χ3v) is 2.15. The molecule has 0 amide bonds. The second-order valence-electron chi connectivity index (χ2n) is 3.08. The summed E-state index contributed by atoms with van der Waals surface area (Å²) in [6, 6.07) is 0. The Bertz CT molecular complexity index is 205. The van der Waals surface area contributed by atoms with E-state index in [4.69, 9.17) is 5.53 Å². The average molecular weight is 166 g/mol. The normalized spacial score (nSPS) is 18.6. The van der Waals surface area contributed by atoms with Crippen molar-refractivity contribution in [3.8, 4) is 0 Å². The fourth-order valence-corrected chi connectivity index (χ4v) is 1.32. The Balaban J connectivity index is 2.33. The summed E-state index contributed by atoms with van der Waals surface area (Å²) in [7, 11) is 2.13. The quantitative estimate of drug-likeness (QED) is 0.268. The van der Waals surface area contributed by atoms with Crippen molar-refractivity contribution in [1.82, 2.24) is 4.90 Å². The second-order valence-corrected chi connectivity index (χ2v) is 3.08. The number of hydrogen-bond donors (Lipinski definition) is 0. The highest BCUT2D eigenvalue weighted by Crippen LogP contribution is 2.13. The molecule has 1 saturated heterocycles. The fraction of sp³-hybridized carbons (Fsp3) is 0.750. The molecule has 0 saturated carbocycles. The lowest BCUT2D eigenvalue weighted by Gasteiger charge is -2.23. The van der Waals surface area contributed by atoms with E-state index in [0.717, 1.165) is 25.9 Å². The van der Waals surface area contributed by atoms with Crippen molar-refractivity contribution in [2.24, 2.45) is 5.11 Å². The van der Waals surface area contributed by atoms with Crippen LogP contribution in [0.25, 0.3) is 10.4 Å². The van der Waals surface area contributed by atoms with Crippen LogP contribution in [0.2, 0.25) is 0 Å². The van der Waals surface area contributed by atoms with E-state index in [9.17, 15) is 0 Å². The Labute approximate surface area is 72.5 Å². The summed E-state index contributed by atoms with van der Waals surface area (Å²) in [6.07, 6.45) is 4.29. The molecule has 0 aromatic heterocycles. The first-order valence-corrected chi connectivity index (χ1v) is 4.20. The molecule has 0 aliphatic carbocycles. The molecule has 4 nitrogen and oxygen atoms in total. The summed E-state index contributed by atoms with van der Waals surface area (Å²) < 4.78 is 0. The molecule has 0 atom stereocenters. The fourth-order valence-electron chi connectivity index (χ4n) is 1.32. The molecule has 0 unspecified atom stereocenters. The van der Waals surface area contributed by atoms with E-state index < -0.39 is 0 Å². The Morgan fingerprint density at radius 3 is 2.83 bits per heavy atom. The van der Waals surface area contributed by atoms with Crippen LogP contribution in [-0.4, -0.2) is 31.6 Å². The van der Waals surface area contributed by atoms with Gasteiger partial charge in [0.25, 0.3) is 0 Å². The zero-order valence-corrected chi connectivity index (χ0v) is 7.40. The maximum absolute atomic E-state index is 8.06. The zero-order valence-electron chi connectivity index (χ0n) is 7.40. The van der Waals surface area contributed by atoms with E-state index in [-0.39, 0.29) is 0 Å². The van der Waals surface area contributed by atoms with Crippen LogP contribution in [0, 0.1) is 0 Å².